The molecule has 0 aliphatic rings. The van der Waals surface area contributed by atoms with E-state index in [1.54, 1.807) is 0 Å². The van der Waals surface area contributed by atoms with Gasteiger partial charge in [-0.1, -0.05) is 30.3 Å². The van der Waals surface area contributed by atoms with Gasteiger partial charge < -0.3 is 10.6 Å². The summed E-state index contributed by atoms with van der Waals surface area (Å²) in [4.78, 5) is 13.7. The quantitative estimate of drug-likeness (QED) is 0.821. The summed E-state index contributed by atoms with van der Waals surface area (Å²) in [5.41, 5.74) is 7.15. The molecule has 0 aliphatic carbocycles. The highest BCUT2D eigenvalue weighted by Gasteiger charge is 2.12. The minimum atomic E-state index is -0.0456. The lowest BCUT2D eigenvalue weighted by molar-refractivity contribution is -0.131. The standard InChI is InChI=1S/C14H22N2O/c1-3-16(4-2)14(17)11-10-13(15)12-8-6-5-7-9-12/h5-9,13H,3-4,10-11,15H2,1-2H3. The topological polar surface area (TPSA) is 46.3 Å². The second-order valence-corrected chi connectivity index (χ2v) is 4.12. The van der Waals surface area contributed by atoms with E-state index in [2.05, 4.69) is 0 Å². The number of rotatable bonds is 6. The predicted octanol–water partition coefficient (Wildman–Crippen LogP) is 2.33. The first-order valence-corrected chi connectivity index (χ1v) is 6.27. The van der Waals surface area contributed by atoms with E-state index in [-0.39, 0.29) is 11.9 Å². The van der Waals surface area contributed by atoms with Gasteiger partial charge in [-0.2, -0.15) is 0 Å². The Kier molecular flexibility index (Phi) is 5.70. The molecule has 2 N–H and O–H groups in total. The minimum absolute atomic E-state index is 0.0456. The fraction of sp³-hybridized carbons (Fsp3) is 0.500. The molecule has 0 aromatic heterocycles. The maximum atomic E-state index is 11.8. The van der Waals surface area contributed by atoms with Gasteiger partial charge in [0.25, 0.3) is 0 Å². The molecular weight excluding hydrogens is 212 g/mol. The lowest BCUT2D eigenvalue weighted by Gasteiger charge is -2.19. The third-order valence-electron chi connectivity index (χ3n) is 3.01. The third-order valence-corrected chi connectivity index (χ3v) is 3.01. The SMILES string of the molecule is CCN(CC)C(=O)CCC(N)c1ccccc1. The predicted molar refractivity (Wildman–Crippen MR) is 70.5 cm³/mol. The van der Waals surface area contributed by atoms with Crippen molar-refractivity contribution in [2.24, 2.45) is 5.73 Å². The highest BCUT2D eigenvalue weighted by molar-refractivity contribution is 5.76. The second-order valence-electron chi connectivity index (χ2n) is 4.12. The number of amides is 1. The summed E-state index contributed by atoms with van der Waals surface area (Å²) in [6.07, 6.45) is 1.23. The zero-order valence-corrected chi connectivity index (χ0v) is 10.7. The Bertz CT molecular complexity index is 333. The van der Waals surface area contributed by atoms with Crippen LogP contribution in [0.1, 0.15) is 38.3 Å². The normalized spacial score (nSPS) is 12.2. The van der Waals surface area contributed by atoms with E-state index in [4.69, 9.17) is 5.73 Å². The lowest BCUT2D eigenvalue weighted by Crippen LogP contribution is -2.30. The molecular formula is C14H22N2O. The molecule has 94 valence electrons. The Hall–Kier alpha value is -1.35. The van der Waals surface area contributed by atoms with Crippen LogP contribution in [0.4, 0.5) is 0 Å². The van der Waals surface area contributed by atoms with Crippen LogP contribution in [0.15, 0.2) is 30.3 Å². The van der Waals surface area contributed by atoms with E-state index in [0.29, 0.717) is 12.8 Å². The summed E-state index contributed by atoms with van der Waals surface area (Å²) >= 11 is 0. The van der Waals surface area contributed by atoms with Crippen LogP contribution in [0, 0.1) is 0 Å². The summed E-state index contributed by atoms with van der Waals surface area (Å²) in [6, 6.07) is 9.88. The average Bonchev–Trinajstić information content (AvgIpc) is 2.38. The first-order valence-electron chi connectivity index (χ1n) is 6.27. The van der Waals surface area contributed by atoms with Crippen LogP contribution < -0.4 is 5.73 Å². The fourth-order valence-electron chi connectivity index (χ4n) is 1.88. The molecule has 17 heavy (non-hydrogen) atoms. The van der Waals surface area contributed by atoms with Crippen molar-refractivity contribution in [1.82, 2.24) is 4.90 Å². The number of hydrogen-bond acceptors (Lipinski definition) is 2. The summed E-state index contributed by atoms with van der Waals surface area (Å²) in [5.74, 6) is 0.196. The molecule has 3 heteroatoms. The minimum Gasteiger partial charge on any atom is -0.343 e. The van der Waals surface area contributed by atoms with Gasteiger partial charge in [0, 0.05) is 25.6 Å². The molecule has 1 unspecified atom stereocenters. The van der Waals surface area contributed by atoms with Gasteiger partial charge in [-0.25, -0.2) is 0 Å². The zero-order chi connectivity index (χ0) is 12.7. The van der Waals surface area contributed by atoms with Gasteiger partial charge in [0.15, 0.2) is 0 Å². The molecule has 0 bridgehead atoms. The first kappa shape index (κ1) is 13.7. The van der Waals surface area contributed by atoms with Crippen molar-refractivity contribution in [3.63, 3.8) is 0 Å². The Labute approximate surface area is 104 Å². The summed E-state index contributed by atoms with van der Waals surface area (Å²) in [7, 11) is 0. The van der Waals surface area contributed by atoms with Gasteiger partial charge in [-0.3, -0.25) is 4.79 Å². The molecule has 1 amide bonds. The molecule has 0 radical (unpaired) electrons. The van der Waals surface area contributed by atoms with E-state index < -0.39 is 0 Å². The van der Waals surface area contributed by atoms with E-state index >= 15 is 0 Å². The monoisotopic (exact) mass is 234 g/mol. The maximum Gasteiger partial charge on any atom is 0.222 e. The second kappa shape index (κ2) is 7.07. The van der Waals surface area contributed by atoms with E-state index in [1.807, 2.05) is 49.1 Å². The van der Waals surface area contributed by atoms with Crippen LogP contribution in [-0.4, -0.2) is 23.9 Å². The highest BCUT2D eigenvalue weighted by atomic mass is 16.2. The van der Waals surface area contributed by atoms with Crippen LogP contribution in [-0.2, 0) is 4.79 Å². The first-order chi connectivity index (χ1) is 8.19. The van der Waals surface area contributed by atoms with Crippen molar-refractivity contribution in [2.45, 2.75) is 32.7 Å². The number of hydrogen-bond donors (Lipinski definition) is 1. The molecule has 0 heterocycles. The third kappa shape index (κ3) is 4.19. The van der Waals surface area contributed by atoms with Crippen molar-refractivity contribution < 1.29 is 4.79 Å². The zero-order valence-electron chi connectivity index (χ0n) is 10.7. The van der Waals surface area contributed by atoms with Gasteiger partial charge in [0.1, 0.15) is 0 Å². The van der Waals surface area contributed by atoms with E-state index in [1.165, 1.54) is 0 Å². The van der Waals surface area contributed by atoms with Gasteiger partial charge in [-0.15, -0.1) is 0 Å². The molecule has 0 aliphatic heterocycles. The maximum absolute atomic E-state index is 11.8. The van der Waals surface area contributed by atoms with Crippen molar-refractivity contribution in [2.75, 3.05) is 13.1 Å². The summed E-state index contributed by atoms with van der Waals surface area (Å²) < 4.78 is 0. The largest absolute Gasteiger partial charge is 0.343 e. The van der Waals surface area contributed by atoms with Crippen molar-refractivity contribution in [3.8, 4) is 0 Å². The Balaban J connectivity index is 2.43. The number of nitrogens with two attached hydrogens (primary N) is 1. The number of carbonyl (C=O) groups is 1. The fourth-order valence-corrected chi connectivity index (χ4v) is 1.88. The van der Waals surface area contributed by atoms with Crippen molar-refractivity contribution in [3.05, 3.63) is 35.9 Å². The van der Waals surface area contributed by atoms with Gasteiger partial charge in [0.2, 0.25) is 5.91 Å². The van der Waals surface area contributed by atoms with Crippen molar-refractivity contribution >= 4 is 5.91 Å². The molecule has 1 aromatic rings. The van der Waals surface area contributed by atoms with Crippen LogP contribution >= 0.6 is 0 Å². The van der Waals surface area contributed by atoms with Crippen LogP contribution in [0.2, 0.25) is 0 Å². The number of nitrogens with zero attached hydrogens (tertiary/aromatic N) is 1. The Morgan fingerprint density at radius 1 is 1.24 bits per heavy atom. The molecule has 0 spiro atoms. The van der Waals surface area contributed by atoms with Crippen LogP contribution in [0.3, 0.4) is 0 Å². The molecule has 1 aromatic carbocycles. The van der Waals surface area contributed by atoms with Crippen LogP contribution in [0.5, 0.6) is 0 Å². The van der Waals surface area contributed by atoms with E-state index in [9.17, 15) is 4.79 Å². The summed E-state index contributed by atoms with van der Waals surface area (Å²) in [6.45, 7) is 5.54. The molecule has 0 saturated heterocycles. The number of benzene rings is 1. The van der Waals surface area contributed by atoms with Gasteiger partial charge >= 0.3 is 0 Å². The van der Waals surface area contributed by atoms with Gasteiger partial charge in [0.05, 0.1) is 0 Å². The molecule has 0 saturated carbocycles. The molecule has 0 fully saturated rings. The number of carbonyl (C=O) groups excluding carboxylic acids is 1. The average molecular weight is 234 g/mol. The molecule has 1 atom stereocenters. The Morgan fingerprint density at radius 3 is 2.35 bits per heavy atom. The smallest absolute Gasteiger partial charge is 0.222 e. The lowest BCUT2D eigenvalue weighted by atomic mass is 10.0. The summed E-state index contributed by atoms with van der Waals surface area (Å²) in [5, 5.41) is 0. The highest BCUT2D eigenvalue weighted by Crippen LogP contribution is 2.15. The molecule has 3 nitrogen and oxygen atoms in total. The molecule has 1 rings (SSSR count). The van der Waals surface area contributed by atoms with Gasteiger partial charge in [-0.05, 0) is 25.8 Å². The van der Waals surface area contributed by atoms with Crippen LogP contribution in [0.25, 0.3) is 0 Å². The van der Waals surface area contributed by atoms with E-state index in [0.717, 1.165) is 18.7 Å². The van der Waals surface area contributed by atoms with Crippen molar-refractivity contribution in [1.29, 1.82) is 0 Å². The Morgan fingerprint density at radius 2 is 1.82 bits per heavy atom.